The minimum atomic E-state index is -4.86. The molecule has 1 aliphatic rings. The fourth-order valence-corrected chi connectivity index (χ4v) is 4.47. The van der Waals surface area contributed by atoms with Gasteiger partial charge >= 0.3 is 6.18 Å². The number of hydrogen-bond donors (Lipinski definition) is 2. The van der Waals surface area contributed by atoms with Crippen LogP contribution >= 0.6 is 0 Å². The molecule has 39 heavy (non-hydrogen) atoms. The maximum Gasteiger partial charge on any atom is 0.418 e. The normalized spacial score (nSPS) is 17.5. The molecule has 0 aliphatic carbocycles. The molecule has 2 amide bonds. The van der Waals surface area contributed by atoms with Crippen molar-refractivity contribution in [3.8, 4) is 11.3 Å². The number of fused-ring (bicyclic) bond motifs is 1. The Morgan fingerprint density at radius 2 is 1.77 bits per heavy atom. The van der Waals surface area contributed by atoms with Crippen LogP contribution in [0.2, 0.25) is 0 Å². The molecule has 0 saturated carbocycles. The summed E-state index contributed by atoms with van der Waals surface area (Å²) < 4.78 is 85.2. The molecule has 2 atom stereocenters. The molecule has 0 radical (unpaired) electrons. The molecule has 0 unspecified atom stereocenters. The first-order valence-corrected chi connectivity index (χ1v) is 11.4. The van der Waals surface area contributed by atoms with Crippen LogP contribution < -0.4 is 11.1 Å². The number of carbonyl (C=O) groups is 2. The minimum Gasteiger partial charge on any atom is -0.382 e. The summed E-state index contributed by atoms with van der Waals surface area (Å²) in [5.74, 6) is -3.82. The van der Waals surface area contributed by atoms with Gasteiger partial charge in [-0.15, -0.1) is 0 Å². The number of benzene rings is 2. The second kappa shape index (κ2) is 9.60. The third kappa shape index (κ3) is 4.73. The largest absolute Gasteiger partial charge is 0.418 e. The number of nitrogens with zero attached hydrogens (tertiary/aromatic N) is 4. The average Bonchev–Trinajstić information content (AvgIpc) is 3.46. The molecule has 2 aromatic heterocycles. The van der Waals surface area contributed by atoms with Crippen molar-refractivity contribution in [3.63, 3.8) is 0 Å². The highest BCUT2D eigenvalue weighted by Gasteiger charge is 2.39. The van der Waals surface area contributed by atoms with Crippen molar-refractivity contribution in [2.45, 2.75) is 18.4 Å². The van der Waals surface area contributed by atoms with Gasteiger partial charge in [-0.25, -0.2) is 22.7 Å². The number of nitrogens with two attached hydrogens (primary N) is 1. The van der Waals surface area contributed by atoms with E-state index in [2.05, 4.69) is 15.4 Å². The predicted octanol–water partition coefficient (Wildman–Crippen LogP) is 3.87. The maximum absolute atomic E-state index is 15.6. The second-order valence-electron chi connectivity index (χ2n) is 8.83. The Morgan fingerprint density at radius 1 is 1.05 bits per heavy atom. The van der Waals surface area contributed by atoms with Gasteiger partial charge < -0.3 is 16.0 Å². The first-order valence-electron chi connectivity index (χ1n) is 11.4. The molecule has 3 heterocycles. The number of alkyl halides is 4. The zero-order chi connectivity index (χ0) is 28.1. The number of carbonyl (C=O) groups excluding carboxylic acids is 2. The van der Waals surface area contributed by atoms with E-state index in [4.69, 9.17) is 5.73 Å². The molecule has 202 valence electrons. The van der Waals surface area contributed by atoms with Crippen LogP contribution in [0.5, 0.6) is 0 Å². The van der Waals surface area contributed by atoms with Crippen LogP contribution in [-0.4, -0.2) is 56.6 Å². The number of halogens is 6. The van der Waals surface area contributed by atoms with Crippen molar-refractivity contribution in [2.75, 3.05) is 18.8 Å². The third-order valence-corrected chi connectivity index (χ3v) is 6.35. The van der Waals surface area contributed by atoms with Gasteiger partial charge in [0.25, 0.3) is 11.8 Å². The Morgan fingerprint density at radius 3 is 2.46 bits per heavy atom. The Bertz CT molecular complexity index is 1590. The number of aromatic nitrogens is 3. The van der Waals surface area contributed by atoms with Crippen molar-refractivity contribution in [2.24, 2.45) is 0 Å². The van der Waals surface area contributed by atoms with Gasteiger partial charge in [0.1, 0.15) is 29.7 Å². The Kier molecular flexibility index (Phi) is 6.40. The Balaban J connectivity index is 1.41. The van der Waals surface area contributed by atoms with E-state index in [-0.39, 0.29) is 29.9 Å². The highest BCUT2D eigenvalue weighted by Crippen LogP contribution is 2.39. The molecule has 3 N–H and O–H groups in total. The number of anilines is 1. The van der Waals surface area contributed by atoms with E-state index in [9.17, 15) is 31.5 Å². The molecule has 1 fully saturated rings. The highest BCUT2D eigenvalue weighted by atomic mass is 19.4. The van der Waals surface area contributed by atoms with Crippen LogP contribution in [0, 0.1) is 11.6 Å². The minimum absolute atomic E-state index is 0.122. The third-order valence-electron chi connectivity index (χ3n) is 6.35. The predicted molar refractivity (Wildman–Crippen MR) is 126 cm³/mol. The monoisotopic (exact) mass is 548 g/mol. The molecule has 14 heteroatoms. The number of amides is 2. The molecule has 0 bridgehead atoms. The van der Waals surface area contributed by atoms with E-state index < -0.39 is 64.3 Å². The second-order valence-corrected chi connectivity index (χ2v) is 8.83. The van der Waals surface area contributed by atoms with Crippen LogP contribution in [0.25, 0.3) is 16.8 Å². The number of likely N-dealkylation sites (tertiary alicyclic amines) is 1. The van der Waals surface area contributed by atoms with Crippen LogP contribution in [-0.2, 0) is 6.18 Å². The van der Waals surface area contributed by atoms with Gasteiger partial charge in [-0.2, -0.15) is 18.3 Å². The number of nitrogen functional groups attached to an aromatic ring is 1. The molecule has 5 rings (SSSR count). The number of rotatable bonds is 4. The Hall–Kier alpha value is -4.62. The van der Waals surface area contributed by atoms with Gasteiger partial charge in [0.05, 0.1) is 29.4 Å². The number of nitrogens with one attached hydrogen (secondary N) is 1. The topological polar surface area (TPSA) is 106 Å². The molecule has 8 nitrogen and oxygen atoms in total. The lowest BCUT2D eigenvalue weighted by Crippen LogP contribution is -2.42. The van der Waals surface area contributed by atoms with E-state index >= 15 is 4.39 Å². The summed E-state index contributed by atoms with van der Waals surface area (Å²) in [6, 6.07) is 7.59. The van der Waals surface area contributed by atoms with Gasteiger partial charge in [-0.1, -0.05) is 6.07 Å². The van der Waals surface area contributed by atoms with E-state index in [1.165, 1.54) is 18.2 Å². The van der Waals surface area contributed by atoms with Gasteiger partial charge in [-0.3, -0.25) is 9.59 Å². The summed E-state index contributed by atoms with van der Waals surface area (Å²) >= 11 is 0. The summed E-state index contributed by atoms with van der Waals surface area (Å²) in [6.07, 6.45) is -5.64. The lowest BCUT2D eigenvalue weighted by molar-refractivity contribution is -0.136. The standard InChI is InChI=1S/C25H18F6N6O2/c26-13-6-4-12(5-7-13)24(39)36-9-17(27)18(10-36)35-23(38)15-3-1-2-14(20(15)28)19-8-16(25(29,30)31)21-22(32)33-11-34-37(19)21/h1-8,11,17-18H,9-10H2,(H,35,38)(H2,32,33,34)/t17-,18+/m0/s1. The lowest BCUT2D eigenvalue weighted by atomic mass is 10.1. The zero-order valence-corrected chi connectivity index (χ0v) is 19.7. The molecular formula is C25H18F6N6O2. The van der Waals surface area contributed by atoms with Crippen LogP contribution in [0.1, 0.15) is 26.3 Å². The van der Waals surface area contributed by atoms with Crippen molar-refractivity contribution < 1.29 is 35.9 Å². The molecule has 4 aromatic rings. The quantitative estimate of drug-likeness (QED) is 0.377. The van der Waals surface area contributed by atoms with Crippen molar-refractivity contribution in [1.82, 2.24) is 24.8 Å². The molecular weight excluding hydrogens is 530 g/mol. The average molecular weight is 548 g/mol. The van der Waals surface area contributed by atoms with E-state index in [0.717, 1.165) is 40.0 Å². The first kappa shape index (κ1) is 26.0. The van der Waals surface area contributed by atoms with E-state index in [0.29, 0.717) is 6.07 Å². The molecule has 2 aromatic carbocycles. The van der Waals surface area contributed by atoms with E-state index in [1.54, 1.807) is 0 Å². The molecule has 1 aliphatic heterocycles. The fraction of sp³-hybridized carbons (Fsp3) is 0.200. The summed E-state index contributed by atoms with van der Waals surface area (Å²) in [7, 11) is 0. The van der Waals surface area contributed by atoms with Gasteiger partial charge in [0.15, 0.2) is 5.82 Å². The highest BCUT2D eigenvalue weighted by molar-refractivity contribution is 5.97. The Labute approximate surface area is 216 Å². The van der Waals surface area contributed by atoms with Crippen molar-refractivity contribution in [1.29, 1.82) is 0 Å². The summed E-state index contributed by atoms with van der Waals surface area (Å²) in [5.41, 5.74) is 2.70. The van der Waals surface area contributed by atoms with Gasteiger partial charge in [0.2, 0.25) is 0 Å². The summed E-state index contributed by atoms with van der Waals surface area (Å²) in [4.78, 5) is 30.2. The maximum atomic E-state index is 15.6. The van der Waals surface area contributed by atoms with Gasteiger partial charge in [0, 0.05) is 17.7 Å². The van der Waals surface area contributed by atoms with Crippen molar-refractivity contribution in [3.05, 3.63) is 83.2 Å². The van der Waals surface area contributed by atoms with Gasteiger partial charge in [-0.05, 0) is 42.5 Å². The van der Waals surface area contributed by atoms with Crippen LogP contribution in [0.15, 0.2) is 54.9 Å². The fourth-order valence-electron chi connectivity index (χ4n) is 4.47. The SMILES string of the molecule is Nc1ncnn2c(-c3cccc(C(=O)N[C@@H]4CN(C(=O)c5ccc(F)cc5)C[C@@H]4F)c3F)cc(C(F)(F)F)c12. The lowest BCUT2D eigenvalue weighted by Gasteiger charge is -2.17. The van der Waals surface area contributed by atoms with E-state index in [1.807, 2.05) is 0 Å². The summed E-state index contributed by atoms with van der Waals surface area (Å²) in [6.45, 7) is -0.597. The summed E-state index contributed by atoms with van der Waals surface area (Å²) in [5, 5.41) is 6.11. The van der Waals surface area contributed by atoms with Crippen LogP contribution in [0.4, 0.5) is 32.2 Å². The molecule has 1 saturated heterocycles. The number of hydrogen-bond acceptors (Lipinski definition) is 5. The zero-order valence-electron chi connectivity index (χ0n) is 19.7. The first-order chi connectivity index (χ1) is 18.5. The van der Waals surface area contributed by atoms with Crippen LogP contribution in [0.3, 0.4) is 0 Å². The van der Waals surface area contributed by atoms with Crippen molar-refractivity contribution >= 4 is 23.1 Å². The smallest absolute Gasteiger partial charge is 0.382 e. The molecule has 0 spiro atoms.